The third kappa shape index (κ3) is 29.3. The van der Waals surface area contributed by atoms with Crippen LogP contribution in [0.25, 0.3) is 10.9 Å². The predicted molar refractivity (Wildman–Crippen MR) is 390 cm³/mol. The Balaban J connectivity index is 1.49. The van der Waals surface area contributed by atoms with Crippen LogP contribution in [0.4, 0.5) is 0 Å². The van der Waals surface area contributed by atoms with Gasteiger partial charge in [-0.1, -0.05) is 45.9 Å². The highest BCUT2D eigenvalue weighted by Gasteiger charge is 2.41. The molecule has 35 nitrogen and oxygen atoms in total. The number of guanidine groups is 2. The summed E-state index contributed by atoms with van der Waals surface area (Å²) >= 11 is 0. The molecular weight excluding hydrogens is 1350 g/mol. The summed E-state index contributed by atoms with van der Waals surface area (Å²) < 4.78 is 0. The zero-order chi connectivity index (χ0) is 77.1. The normalized spacial score (nSPS) is 16.8. The van der Waals surface area contributed by atoms with Gasteiger partial charge in [0.2, 0.25) is 76.9 Å². The summed E-state index contributed by atoms with van der Waals surface area (Å²) in [6.45, 7) is 16.5. The molecular formula is C70H109N23O12. The first-order valence-electron chi connectivity index (χ1n) is 36.2. The summed E-state index contributed by atoms with van der Waals surface area (Å²) in [5.74, 6) is -8.00. The second-order valence-corrected chi connectivity index (χ2v) is 27.7. The molecule has 0 saturated carbocycles. The van der Waals surface area contributed by atoms with Crippen LogP contribution in [-0.2, 0) is 65.6 Å². The number of primary amides is 1. The number of nitrogens with two attached hydrogens (primary N) is 1. The van der Waals surface area contributed by atoms with Gasteiger partial charge in [0.25, 0.3) is 0 Å². The zero-order valence-electron chi connectivity index (χ0n) is 61.7. The minimum Gasteiger partial charge on any atom is -0.394 e. The van der Waals surface area contributed by atoms with E-state index in [9.17, 15) is 58.8 Å². The van der Waals surface area contributed by atoms with Crippen LogP contribution < -0.4 is 80.2 Å². The monoisotopic (exact) mass is 1460 g/mol. The summed E-state index contributed by atoms with van der Waals surface area (Å²) in [6.07, 6.45) is 11.0. The minimum atomic E-state index is -1.79. The van der Waals surface area contributed by atoms with Gasteiger partial charge in [-0.2, -0.15) is 10.5 Å². The van der Waals surface area contributed by atoms with Gasteiger partial charge in [-0.05, 0) is 142 Å². The number of imidazole rings is 1. The fraction of sp³-hybridized carbons (Fsp3) is 0.629. The number of nitriles is 2. The number of carbonyl (C=O) groups excluding carboxylic acids is 11. The molecule has 0 bridgehead atoms. The molecule has 2 aliphatic heterocycles. The lowest BCUT2D eigenvalue weighted by atomic mass is 10.00. The van der Waals surface area contributed by atoms with Crippen LogP contribution in [0.3, 0.4) is 0 Å². The van der Waals surface area contributed by atoms with E-state index in [0.717, 1.165) is 0 Å². The number of para-hydroxylation sites is 1. The lowest BCUT2D eigenvalue weighted by Crippen LogP contribution is -2.61. The molecule has 5 rings (SSSR count). The number of aliphatic imine (C=N–C) groups is 2. The van der Waals surface area contributed by atoms with E-state index < -0.39 is 126 Å². The first kappa shape index (κ1) is 85.2. The number of carbonyl (C=O) groups is 11. The molecule has 105 heavy (non-hydrogen) atoms. The number of hydrogen-bond donors (Lipinski definition) is 18. The smallest absolute Gasteiger partial charge is 0.245 e. The van der Waals surface area contributed by atoms with Crippen molar-refractivity contribution in [2.75, 3.05) is 32.8 Å². The summed E-state index contributed by atoms with van der Waals surface area (Å²) in [6, 6.07) is -5.79. The van der Waals surface area contributed by atoms with E-state index in [2.05, 4.69) is 99.4 Å². The third-order valence-corrected chi connectivity index (χ3v) is 17.3. The number of nitrogens with zero attached hydrogens (tertiary/aromatic N) is 6. The van der Waals surface area contributed by atoms with Gasteiger partial charge in [-0.25, -0.2) is 4.98 Å². The molecule has 0 spiro atoms. The molecule has 10 atom stereocenters. The maximum atomic E-state index is 15.1. The van der Waals surface area contributed by atoms with E-state index in [1.165, 1.54) is 24.3 Å². The SMILES string of the molecule is CC(C)C[C@H](NC(=O)[C@@H](CCCCN=C(NC#N)NC(C)C)NC(=O)[C@H](CCCCN=C(NC#N)NC(C)C)NC(=O)[C@H](CO)NC(=O)[C@H](Cc1c[nH]c2ccccc12)NC(=O)[C@H](Cc1cnc[nH]1)NC(=O)[C@@H]1CCC(=O)N1)C(=O)N[C@@H](CCCCNC(C)C)C(=O)N1CCC[C@H]1C(=O)N[C@H](C)C(N)=O. The van der Waals surface area contributed by atoms with Crippen molar-refractivity contribution < 1.29 is 57.8 Å². The number of nitrogens with one attached hydrogen (secondary N) is 16. The number of unbranched alkanes of at least 4 members (excludes halogenated alkanes) is 3. The number of fused-ring (bicyclic) bond motifs is 1. The average Bonchev–Trinajstić information content (AvgIpc) is 1.75. The van der Waals surface area contributed by atoms with Crippen molar-refractivity contribution in [3.05, 3.63) is 54.2 Å². The van der Waals surface area contributed by atoms with Crippen molar-refractivity contribution in [2.45, 2.75) is 244 Å². The molecule has 0 aliphatic carbocycles. The Labute approximate surface area is 612 Å². The number of aliphatic hydroxyl groups excluding tert-OH is 1. The predicted octanol–water partition coefficient (Wildman–Crippen LogP) is -1.27. The van der Waals surface area contributed by atoms with Gasteiger partial charge in [0.1, 0.15) is 60.4 Å². The number of aromatic nitrogens is 3. The summed E-state index contributed by atoms with van der Waals surface area (Å²) in [5, 5.41) is 69.3. The van der Waals surface area contributed by atoms with Crippen LogP contribution in [-0.4, -0.2) is 213 Å². The number of aromatic amines is 2. The first-order valence-corrected chi connectivity index (χ1v) is 36.2. The van der Waals surface area contributed by atoms with Crippen molar-refractivity contribution >= 4 is 87.8 Å². The molecule has 2 aromatic heterocycles. The van der Waals surface area contributed by atoms with E-state index in [0.29, 0.717) is 54.4 Å². The molecule has 576 valence electrons. The molecule has 0 unspecified atom stereocenters. The van der Waals surface area contributed by atoms with Crippen molar-refractivity contribution in [3.8, 4) is 12.4 Å². The van der Waals surface area contributed by atoms with Crippen LogP contribution in [0.1, 0.15) is 163 Å². The third-order valence-electron chi connectivity index (χ3n) is 17.3. The number of likely N-dealkylation sites (tertiary alicyclic amines) is 1. The summed E-state index contributed by atoms with van der Waals surface area (Å²) in [7, 11) is 0. The number of benzene rings is 1. The molecule has 3 aromatic rings. The Hall–Kier alpha value is -10.4. The van der Waals surface area contributed by atoms with Crippen LogP contribution in [0.5, 0.6) is 0 Å². The molecule has 4 heterocycles. The largest absolute Gasteiger partial charge is 0.394 e. The Morgan fingerprint density at radius 3 is 1.70 bits per heavy atom. The van der Waals surface area contributed by atoms with Crippen molar-refractivity contribution in [1.29, 1.82) is 10.5 Å². The van der Waals surface area contributed by atoms with Crippen LogP contribution in [0.15, 0.2) is 53.0 Å². The van der Waals surface area contributed by atoms with Gasteiger partial charge < -0.3 is 89.5 Å². The highest BCUT2D eigenvalue weighted by Crippen LogP contribution is 2.23. The Bertz CT molecular complexity index is 3530. The molecule has 2 aliphatic rings. The maximum Gasteiger partial charge on any atom is 0.245 e. The molecule has 1 aromatic carbocycles. The molecule has 0 radical (unpaired) electrons. The van der Waals surface area contributed by atoms with Crippen molar-refractivity contribution in [1.82, 2.24) is 94.3 Å². The van der Waals surface area contributed by atoms with Crippen LogP contribution in [0.2, 0.25) is 0 Å². The second kappa shape index (κ2) is 44.3. The maximum absolute atomic E-state index is 15.1. The average molecular weight is 1460 g/mol. The second-order valence-electron chi connectivity index (χ2n) is 27.7. The van der Waals surface area contributed by atoms with E-state index >= 15 is 9.59 Å². The molecule has 19 N–H and O–H groups in total. The minimum absolute atomic E-state index is 0.0487. The van der Waals surface area contributed by atoms with Gasteiger partial charge in [-0.15, -0.1) is 0 Å². The Morgan fingerprint density at radius 1 is 0.619 bits per heavy atom. The van der Waals surface area contributed by atoms with Gasteiger partial charge >= 0.3 is 0 Å². The zero-order valence-corrected chi connectivity index (χ0v) is 61.7. The number of aliphatic hydroxyl groups is 1. The Kier molecular flexibility index (Phi) is 35.9. The molecule has 11 amide bonds. The van der Waals surface area contributed by atoms with E-state index in [1.807, 2.05) is 67.8 Å². The number of hydrogen-bond acceptors (Lipinski definition) is 18. The highest BCUT2D eigenvalue weighted by molar-refractivity contribution is 6.00. The van der Waals surface area contributed by atoms with Crippen molar-refractivity contribution in [3.63, 3.8) is 0 Å². The molecule has 2 fully saturated rings. The summed E-state index contributed by atoms with van der Waals surface area (Å²) in [5.41, 5.74) is 7.16. The number of rotatable bonds is 43. The quantitative estimate of drug-likeness (QED) is 0.0103. The Morgan fingerprint density at radius 2 is 1.15 bits per heavy atom. The van der Waals surface area contributed by atoms with E-state index in [-0.39, 0.29) is 139 Å². The van der Waals surface area contributed by atoms with Gasteiger partial charge in [0.15, 0.2) is 12.4 Å². The first-order chi connectivity index (χ1) is 50.1. The standard InChI is InChI=1S/C70H109N23O12/c1-40(2)31-53(63(100)88-52(23-14-15-27-75-41(3)4)68(105)93-30-18-24-57(93)67(104)84-44(9)59(73)96)89-61(98)50(22-13-17-29-77-70(80-38-72)83-43(7)8)86-60(97)49(21-12-16-28-76-69(79-37-71)82-42(5)6)87-66(103)56(36-94)92-64(101)54(32-45-34-78-48-20-11-10-19-47(45)48)90-65(102)55(33-46-35-74-39-81-46)91-62(99)51-25-26-58(95)85-51/h10-11,19-20,34-35,39-44,49-57,75,78,94H,12-18,21-33,36H2,1-9H3,(H2,73,96)(H,74,81)(H,84,104)(H,85,95)(H,86,97)(H,87,103)(H,88,100)(H,89,98)(H,90,102)(H,91,99)(H,92,101)(H2,76,79,82)(H2,77,80,83)/t44-,49+,50-,51+,52+,53+,54+,55+,56+,57+/m1/s1. The van der Waals surface area contributed by atoms with Gasteiger partial charge in [0, 0.05) is 86.0 Å². The summed E-state index contributed by atoms with van der Waals surface area (Å²) in [4.78, 5) is 175. The van der Waals surface area contributed by atoms with Crippen LogP contribution in [0, 0.1) is 28.8 Å². The number of H-pyrrole nitrogens is 2. The fourth-order valence-corrected chi connectivity index (χ4v) is 11.9. The topological polar surface area (TPSA) is 522 Å². The lowest BCUT2D eigenvalue weighted by Gasteiger charge is -2.31. The van der Waals surface area contributed by atoms with E-state index in [4.69, 9.17) is 5.73 Å². The number of amides is 11. The fourth-order valence-electron chi connectivity index (χ4n) is 11.9. The van der Waals surface area contributed by atoms with Gasteiger partial charge in [-0.3, -0.25) is 73.4 Å². The van der Waals surface area contributed by atoms with Gasteiger partial charge in [0.05, 0.1) is 12.9 Å². The highest BCUT2D eigenvalue weighted by atomic mass is 16.3. The lowest BCUT2D eigenvalue weighted by molar-refractivity contribution is -0.142. The van der Waals surface area contributed by atoms with E-state index in [1.54, 1.807) is 30.5 Å². The molecule has 2 saturated heterocycles. The van der Waals surface area contributed by atoms with Crippen molar-refractivity contribution in [2.24, 2.45) is 21.6 Å². The van der Waals surface area contributed by atoms with Crippen LogP contribution >= 0.6 is 0 Å². The molecule has 35 heteroatoms.